The van der Waals surface area contributed by atoms with Gasteiger partial charge < -0.3 is 10.1 Å². The highest BCUT2D eigenvalue weighted by atomic mass is 32.2. The average molecular weight is 471 g/mol. The molecule has 2 aliphatic heterocycles. The first-order valence-corrected chi connectivity index (χ1v) is 11.8. The third-order valence-electron chi connectivity index (χ3n) is 5.57. The number of fused-ring (bicyclic) bond motifs is 3. The van der Waals surface area contributed by atoms with Crippen LogP contribution in [0.3, 0.4) is 0 Å². The van der Waals surface area contributed by atoms with Gasteiger partial charge in [-0.15, -0.1) is 0 Å². The minimum Gasteiger partial charge on any atom is -0.497 e. The molecular weight excluding hydrogens is 448 g/mol. The van der Waals surface area contributed by atoms with Crippen LogP contribution in [0.25, 0.3) is 0 Å². The summed E-state index contributed by atoms with van der Waals surface area (Å²) in [7, 11) is 1.61. The Labute approximate surface area is 201 Å². The van der Waals surface area contributed by atoms with E-state index in [0.29, 0.717) is 17.5 Å². The Balaban J connectivity index is 1.31. The first kappa shape index (κ1) is 21.9. The number of para-hydroxylation sites is 1. The Kier molecular flexibility index (Phi) is 6.14. The maximum atomic E-state index is 13.4. The molecule has 0 aliphatic carbocycles. The molecule has 0 radical (unpaired) electrons. The number of methoxy groups -OCH3 is 1. The second-order valence-electron chi connectivity index (χ2n) is 7.76. The van der Waals surface area contributed by atoms with E-state index in [-0.39, 0.29) is 17.6 Å². The van der Waals surface area contributed by atoms with E-state index >= 15 is 0 Å². The van der Waals surface area contributed by atoms with Crippen LogP contribution in [0, 0.1) is 0 Å². The van der Waals surface area contributed by atoms with Gasteiger partial charge in [-0.3, -0.25) is 9.59 Å². The fourth-order valence-electron chi connectivity index (χ4n) is 3.82. The zero-order chi connectivity index (χ0) is 23.5. The van der Waals surface area contributed by atoms with E-state index in [0.717, 1.165) is 28.1 Å². The number of rotatable bonds is 6. The summed E-state index contributed by atoms with van der Waals surface area (Å²) in [4.78, 5) is 36.9. The van der Waals surface area contributed by atoms with Gasteiger partial charge in [0.1, 0.15) is 11.6 Å². The highest BCUT2D eigenvalue weighted by Crippen LogP contribution is 2.37. The van der Waals surface area contributed by atoms with Crippen molar-refractivity contribution in [3.63, 3.8) is 0 Å². The van der Waals surface area contributed by atoms with Gasteiger partial charge in [-0.1, -0.05) is 66.4 Å². The normalized spacial score (nSPS) is 16.3. The summed E-state index contributed by atoms with van der Waals surface area (Å²) >= 11 is 1.23. The lowest BCUT2D eigenvalue weighted by atomic mass is 10.1. The number of amides is 2. The molecule has 7 nitrogen and oxygen atoms in total. The van der Waals surface area contributed by atoms with Crippen molar-refractivity contribution in [1.29, 1.82) is 0 Å². The molecule has 0 fully saturated rings. The van der Waals surface area contributed by atoms with Crippen molar-refractivity contribution in [2.45, 2.75) is 12.6 Å². The number of amidine groups is 2. The fourth-order valence-corrected chi connectivity index (χ4v) is 4.66. The second-order valence-corrected chi connectivity index (χ2v) is 8.71. The average Bonchev–Trinajstić information content (AvgIpc) is 3.24. The summed E-state index contributed by atoms with van der Waals surface area (Å²) in [5, 5.41) is 3.37. The predicted octanol–water partition coefficient (Wildman–Crippen LogP) is 4.08. The van der Waals surface area contributed by atoms with Gasteiger partial charge in [-0.05, 0) is 35.4 Å². The molecule has 0 bridgehead atoms. The van der Waals surface area contributed by atoms with Gasteiger partial charge in [0.05, 0.1) is 18.6 Å². The number of ether oxygens (including phenoxy) is 1. The minimum atomic E-state index is -0.628. The number of carbonyl (C=O) groups is 2. The van der Waals surface area contributed by atoms with Crippen LogP contribution in [0.2, 0.25) is 0 Å². The van der Waals surface area contributed by atoms with Crippen molar-refractivity contribution < 1.29 is 14.3 Å². The molecule has 0 spiro atoms. The molecule has 2 heterocycles. The van der Waals surface area contributed by atoms with Crippen molar-refractivity contribution in [2.75, 3.05) is 12.9 Å². The SMILES string of the molecule is COc1ccc(CNC(=O)CSC2=Nc3ccccc3C3=N[C@@H](c4ccccc4)C(=O)N23)cc1. The third kappa shape index (κ3) is 4.32. The molecule has 0 saturated carbocycles. The molecule has 1 atom stereocenters. The van der Waals surface area contributed by atoms with Crippen LogP contribution in [0.15, 0.2) is 88.8 Å². The number of carbonyl (C=O) groups excluding carboxylic acids is 2. The van der Waals surface area contributed by atoms with Crippen LogP contribution in [0.1, 0.15) is 22.7 Å². The summed E-state index contributed by atoms with van der Waals surface area (Å²) in [5.74, 6) is 1.16. The molecular formula is C26H22N4O3S. The Hall–Kier alpha value is -3.91. The van der Waals surface area contributed by atoms with Gasteiger partial charge in [-0.2, -0.15) is 0 Å². The molecule has 0 saturated heterocycles. The number of hydrogen-bond donors (Lipinski definition) is 1. The predicted molar refractivity (Wildman–Crippen MR) is 133 cm³/mol. The number of aliphatic imine (C=N–C) groups is 2. The molecule has 3 aromatic carbocycles. The molecule has 170 valence electrons. The molecule has 0 unspecified atom stereocenters. The lowest BCUT2D eigenvalue weighted by molar-refractivity contribution is -0.124. The van der Waals surface area contributed by atoms with Crippen LogP contribution in [0.5, 0.6) is 5.75 Å². The lowest BCUT2D eigenvalue weighted by Gasteiger charge is -2.25. The van der Waals surface area contributed by atoms with Gasteiger partial charge >= 0.3 is 0 Å². The molecule has 3 aromatic rings. The van der Waals surface area contributed by atoms with Crippen molar-refractivity contribution >= 4 is 40.3 Å². The zero-order valence-electron chi connectivity index (χ0n) is 18.5. The number of hydrogen-bond acceptors (Lipinski definition) is 6. The standard InChI is InChI=1S/C26H22N4O3S/c1-33-19-13-11-17(12-14-19)15-27-22(31)16-34-26-28-21-10-6-5-9-20(21)24-29-23(25(32)30(24)26)18-7-3-2-4-8-18/h2-14,23H,15-16H2,1H3,(H,27,31)/t23-/m0/s1. The summed E-state index contributed by atoms with van der Waals surface area (Å²) in [6, 6.07) is 24.0. The smallest absolute Gasteiger partial charge is 0.263 e. The summed E-state index contributed by atoms with van der Waals surface area (Å²) in [6.07, 6.45) is 0. The molecule has 8 heteroatoms. The van der Waals surface area contributed by atoms with E-state index in [9.17, 15) is 9.59 Å². The Morgan fingerprint density at radius 3 is 2.53 bits per heavy atom. The quantitative estimate of drug-likeness (QED) is 0.589. The number of thioether (sulfide) groups is 1. The largest absolute Gasteiger partial charge is 0.497 e. The fraction of sp³-hybridized carbons (Fsp3) is 0.154. The van der Waals surface area contributed by atoms with E-state index < -0.39 is 6.04 Å². The molecule has 34 heavy (non-hydrogen) atoms. The van der Waals surface area contributed by atoms with E-state index in [1.165, 1.54) is 11.8 Å². The van der Waals surface area contributed by atoms with Gasteiger partial charge in [0.15, 0.2) is 11.2 Å². The molecule has 2 aliphatic rings. The van der Waals surface area contributed by atoms with Gasteiger partial charge in [0.2, 0.25) is 5.91 Å². The third-order valence-corrected chi connectivity index (χ3v) is 6.50. The van der Waals surface area contributed by atoms with Crippen molar-refractivity contribution in [3.05, 3.63) is 95.6 Å². The van der Waals surface area contributed by atoms with Crippen LogP contribution < -0.4 is 10.1 Å². The number of nitrogens with one attached hydrogen (secondary N) is 1. The molecule has 1 N–H and O–H groups in total. The van der Waals surface area contributed by atoms with Crippen LogP contribution in [-0.2, 0) is 16.1 Å². The highest BCUT2D eigenvalue weighted by molar-refractivity contribution is 8.14. The Morgan fingerprint density at radius 1 is 1.03 bits per heavy atom. The van der Waals surface area contributed by atoms with Crippen molar-refractivity contribution in [3.8, 4) is 5.75 Å². The van der Waals surface area contributed by atoms with Crippen LogP contribution in [-0.4, -0.2) is 40.6 Å². The number of benzene rings is 3. The Bertz CT molecular complexity index is 1290. The molecule has 2 amide bonds. The second kappa shape index (κ2) is 9.52. The van der Waals surface area contributed by atoms with E-state index in [4.69, 9.17) is 9.73 Å². The topological polar surface area (TPSA) is 83.4 Å². The number of nitrogens with zero attached hydrogens (tertiary/aromatic N) is 3. The maximum Gasteiger partial charge on any atom is 0.263 e. The van der Waals surface area contributed by atoms with Gasteiger partial charge in [-0.25, -0.2) is 14.9 Å². The minimum absolute atomic E-state index is 0.129. The highest BCUT2D eigenvalue weighted by Gasteiger charge is 2.42. The van der Waals surface area contributed by atoms with Crippen molar-refractivity contribution in [1.82, 2.24) is 10.2 Å². The van der Waals surface area contributed by atoms with Gasteiger partial charge in [0.25, 0.3) is 5.91 Å². The van der Waals surface area contributed by atoms with Gasteiger partial charge in [0, 0.05) is 12.1 Å². The zero-order valence-corrected chi connectivity index (χ0v) is 19.3. The molecule has 5 rings (SSSR count). The maximum absolute atomic E-state index is 13.4. The van der Waals surface area contributed by atoms with Crippen LogP contribution >= 0.6 is 11.8 Å². The molecule has 0 aromatic heterocycles. The lowest BCUT2D eigenvalue weighted by Crippen LogP contribution is -2.40. The first-order chi connectivity index (χ1) is 16.6. The Morgan fingerprint density at radius 2 is 1.76 bits per heavy atom. The van der Waals surface area contributed by atoms with E-state index in [1.807, 2.05) is 78.9 Å². The summed E-state index contributed by atoms with van der Waals surface area (Å²) in [5.41, 5.74) is 3.34. The summed E-state index contributed by atoms with van der Waals surface area (Å²) in [6.45, 7) is 0.407. The van der Waals surface area contributed by atoms with E-state index in [1.54, 1.807) is 12.0 Å². The van der Waals surface area contributed by atoms with Crippen molar-refractivity contribution in [2.24, 2.45) is 9.98 Å². The summed E-state index contributed by atoms with van der Waals surface area (Å²) < 4.78 is 5.16. The van der Waals surface area contributed by atoms with E-state index in [2.05, 4.69) is 10.3 Å². The first-order valence-electron chi connectivity index (χ1n) is 10.8. The van der Waals surface area contributed by atoms with Crippen LogP contribution in [0.4, 0.5) is 5.69 Å². The monoisotopic (exact) mass is 470 g/mol.